The Labute approximate surface area is 116 Å². The van der Waals surface area contributed by atoms with Crippen LogP contribution in [-0.4, -0.2) is 22.2 Å². The summed E-state index contributed by atoms with van der Waals surface area (Å²) in [7, 11) is 0. The van der Waals surface area contributed by atoms with Crippen LogP contribution in [-0.2, 0) is 11.2 Å². The second-order valence-corrected chi connectivity index (χ2v) is 4.51. The minimum atomic E-state index is -0.687. The highest BCUT2D eigenvalue weighted by atomic mass is 16.3. The first-order valence-corrected chi connectivity index (χ1v) is 6.18. The zero-order chi connectivity index (χ0) is 14.5. The van der Waals surface area contributed by atoms with Crippen molar-refractivity contribution in [2.75, 3.05) is 5.32 Å². The summed E-state index contributed by atoms with van der Waals surface area (Å²) < 4.78 is 0. The average Bonchev–Trinajstić information content (AvgIpc) is 2.44. The molecular weight excluding hydrogens is 256 g/mol. The summed E-state index contributed by atoms with van der Waals surface area (Å²) >= 11 is 0. The van der Waals surface area contributed by atoms with Crippen LogP contribution in [0, 0.1) is 0 Å². The maximum atomic E-state index is 11.9. The molecule has 1 atom stereocenters. The SMILES string of the molecule is N[C@@H](Cc1ccc(O)cc1)C(=O)Nc1ccc(O)cc1. The van der Waals surface area contributed by atoms with E-state index < -0.39 is 6.04 Å². The number of phenols is 2. The molecule has 0 saturated heterocycles. The second-order valence-electron chi connectivity index (χ2n) is 4.51. The molecule has 104 valence electrons. The van der Waals surface area contributed by atoms with Crippen LogP contribution in [0.3, 0.4) is 0 Å². The summed E-state index contributed by atoms with van der Waals surface area (Å²) in [6.07, 6.45) is 0.379. The Bertz CT molecular complexity index is 579. The maximum Gasteiger partial charge on any atom is 0.241 e. The van der Waals surface area contributed by atoms with Crippen molar-refractivity contribution in [1.29, 1.82) is 0 Å². The minimum Gasteiger partial charge on any atom is -0.508 e. The molecule has 5 nitrogen and oxygen atoms in total. The minimum absolute atomic E-state index is 0.136. The van der Waals surface area contributed by atoms with Gasteiger partial charge in [0.1, 0.15) is 11.5 Å². The Kier molecular flexibility index (Phi) is 4.22. The van der Waals surface area contributed by atoms with Crippen molar-refractivity contribution in [3.63, 3.8) is 0 Å². The number of nitrogens with two attached hydrogens (primary N) is 1. The Balaban J connectivity index is 1.94. The van der Waals surface area contributed by atoms with Gasteiger partial charge in [-0.3, -0.25) is 4.79 Å². The molecule has 0 saturated carbocycles. The molecule has 0 aliphatic rings. The molecule has 0 spiro atoms. The van der Waals surface area contributed by atoms with Crippen LogP contribution in [0.4, 0.5) is 5.69 Å². The van der Waals surface area contributed by atoms with Gasteiger partial charge in [0, 0.05) is 5.69 Å². The van der Waals surface area contributed by atoms with E-state index in [1.807, 2.05) is 0 Å². The van der Waals surface area contributed by atoms with Crippen molar-refractivity contribution in [2.45, 2.75) is 12.5 Å². The number of aromatic hydroxyl groups is 2. The van der Waals surface area contributed by atoms with Crippen LogP contribution in [0.5, 0.6) is 11.5 Å². The Morgan fingerprint density at radius 2 is 1.50 bits per heavy atom. The van der Waals surface area contributed by atoms with E-state index >= 15 is 0 Å². The molecule has 0 unspecified atom stereocenters. The third-order valence-corrected chi connectivity index (χ3v) is 2.86. The molecule has 0 heterocycles. The highest BCUT2D eigenvalue weighted by Gasteiger charge is 2.14. The first-order chi connectivity index (χ1) is 9.54. The van der Waals surface area contributed by atoms with E-state index in [1.54, 1.807) is 36.4 Å². The summed E-state index contributed by atoms with van der Waals surface area (Å²) in [6.45, 7) is 0. The standard InChI is InChI=1S/C15H16N2O3/c16-14(9-10-1-5-12(18)6-2-10)15(20)17-11-3-7-13(19)8-4-11/h1-8,14,18-19H,9,16H2,(H,17,20)/t14-/m0/s1. The summed E-state index contributed by atoms with van der Waals surface area (Å²) in [6, 6.07) is 12.0. The van der Waals surface area contributed by atoms with Gasteiger partial charge in [0.2, 0.25) is 5.91 Å². The second kappa shape index (κ2) is 6.08. The number of hydrogen-bond acceptors (Lipinski definition) is 4. The monoisotopic (exact) mass is 272 g/mol. The number of phenolic OH excluding ortho intramolecular Hbond substituents is 2. The first kappa shape index (κ1) is 13.9. The van der Waals surface area contributed by atoms with Gasteiger partial charge < -0.3 is 21.3 Å². The van der Waals surface area contributed by atoms with Crippen molar-refractivity contribution in [2.24, 2.45) is 5.73 Å². The molecule has 0 bridgehead atoms. The highest BCUT2D eigenvalue weighted by molar-refractivity contribution is 5.94. The van der Waals surface area contributed by atoms with E-state index in [1.165, 1.54) is 12.1 Å². The molecule has 0 aromatic heterocycles. The van der Waals surface area contributed by atoms with Gasteiger partial charge >= 0.3 is 0 Å². The molecule has 0 fully saturated rings. The Hall–Kier alpha value is -2.53. The normalized spacial score (nSPS) is 11.8. The van der Waals surface area contributed by atoms with Crippen molar-refractivity contribution in [3.05, 3.63) is 54.1 Å². The van der Waals surface area contributed by atoms with Crippen LogP contribution < -0.4 is 11.1 Å². The predicted octanol–water partition coefficient (Wildman–Crippen LogP) is 1.61. The number of anilines is 1. The Morgan fingerprint density at radius 1 is 1.00 bits per heavy atom. The zero-order valence-corrected chi connectivity index (χ0v) is 10.8. The van der Waals surface area contributed by atoms with E-state index in [2.05, 4.69) is 5.32 Å². The summed E-state index contributed by atoms with van der Waals surface area (Å²) in [4.78, 5) is 11.9. The van der Waals surface area contributed by atoms with Gasteiger partial charge in [0.15, 0.2) is 0 Å². The van der Waals surface area contributed by atoms with E-state index in [4.69, 9.17) is 10.8 Å². The van der Waals surface area contributed by atoms with Crippen LogP contribution in [0.1, 0.15) is 5.56 Å². The number of nitrogens with one attached hydrogen (secondary N) is 1. The third kappa shape index (κ3) is 3.73. The smallest absolute Gasteiger partial charge is 0.241 e. The van der Waals surface area contributed by atoms with E-state index in [9.17, 15) is 9.90 Å². The molecule has 5 N–H and O–H groups in total. The van der Waals surface area contributed by atoms with Gasteiger partial charge in [-0.15, -0.1) is 0 Å². The lowest BCUT2D eigenvalue weighted by atomic mass is 10.1. The molecule has 0 aliphatic heterocycles. The van der Waals surface area contributed by atoms with Gasteiger partial charge in [-0.25, -0.2) is 0 Å². The molecule has 2 aromatic rings. The number of carbonyl (C=O) groups excluding carboxylic acids is 1. The van der Waals surface area contributed by atoms with Gasteiger partial charge in [-0.2, -0.15) is 0 Å². The number of hydrogen-bond donors (Lipinski definition) is 4. The first-order valence-electron chi connectivity index (χ1n) is 6.18. The molecule has 20 heavy (non-hydrogen) atoms. The average molecular weight is 272 g/mol. The van der Waals surface area contributed by atoms with E-state index in [0.29, 0.717) is 12.1 Å². The topological polar surface area (TPSA) is 95.6 Å². The summed E-state index contributed by atoms with van der Waals surface area (Å²) in [5.74, 6) is 0.0102. The number of rotatable bonds is 4. The number of amides is 1. The van der Waals surface area contributed by atoms with Gasteiger partial charge in [-0.1, -0.05) is 12.1 Å². The predicted molar refractivity (Wildman–Crippen MR) is 76.5 cm³/mol. The fourth-order valence-electron chi connectivity index (χ4n) is 1.76. The molecule has 2 rings (SSSR count). The summed E-state index contributed by atoms with van der Waals surface area (Å²) in [5, 5.41) is 21.0. The van der Waals surface area contributed by atoms with Crippen molar-refractivity contribution >= 4 is 11.6 Å². The molecule has 0 radical (unpaired) electrons. The third-order valence-electron chi connectivity index (χ3n) is 2.86. The molecular formula is C15H16N2O3. The quantitative estimate of drug-likeness (QED) is 0.636. The lowest BCUT2D eigenvalue weighted by molar-refractivity contribution is -0.117. The number of carbonyl (C=O) groups is 1. The van der Waals surface area contributed by atoms with E-state index in [0.717, 1.165) is 5.56 Å². The zero-order valence-electron chi connectivity index (χ0n) is 10.8. The van der Waals surface area contributed by atoms with Gasteiger partial charge in [0.25, 0.3) is 0 Å². The molecule has 2 aromatic carbocycles. The fourth-order valence-corrected chi connectivity index (χ4v) is 1.76. The van der Waals surface area contributed by atoms with Gasteiger partial charge in [0.05, 0.1) is 6.04 Å². The van der Waals surface area contributed by atoms with Crippen LogP contribution >= 0.6 is 0 Å². The summed E-state index contributed by atoms with van der Waals surface area (Å²) in [5.41, 5.74) is 7.29. The van der Waals surface area contributed by atoms with Crippen LogP contribution in [0.25, 0.3) is 0 Å². The molecule has 1 amide bonds. The maximum absolute atomic E-state index is 11.9. The molecule has 0 aliphatic carbocycles. The van der Waals surface area contributed by atoms with Crippen LogP contribution in [0.15, 0.2) is 48.5 Å². The van der Waals surface area contributed by atoms with Crippen molar-refractivity contribution in [3.8, 4) is 11.5 Å². The lowest BCUT2D eigenvalue weighted by Crippen LogP contribution is -2.37. The Morgan fingerprint density at radius 3 is 2.05 bits per heavy atom. The van der Waals surface area contributed by atoms with Crippen molar-refractivity contribution < 1.29 is 15.0 Å². The number of benzene rings is 2. The van der Waals surface area contributed by atoms with Crippen molar-refractivity contribution in [1.82, 2.24) is 0 Å². The molecule has 5 heteroatoms. The van der Waals surface area contributed by atoms with Gasteiger partial charge in [-0.05, 0) is 48.4 Å². The van der Waals surface area contributed by atoms with Crippen LogP contribution in [0.2, 0.25) is 0 Å². The highest BCUT2D eigenvalue weighted by Crippen LogP contribution is 2.15. The lowest BCUT2D eigenvalue weighted by Gasteiger charge is -2.12. The van der Waals surface area contributed by atoms with E-state index in [-0.39, 0.29) is 17.4 Å². The fraction of sp³-hybridized carbons (Fsp3) is 0.133. The largest absolute Gasteiger partial charge is 0.508 e.